The number of halogens is 4. The molecule has 2 aromatic rings. The van der Waals surface area contributed by atoms with Gasteiger partial charge in [0.1, 0.15) is 5.75 Å². The third-order valence-corrected chi connectivity index (χ3v) is 4.03. The van der Waals surface area contributed by atoms with E-state index in [0.717, 1.165) is 5.56 Å². The lowest BCUT2D eigenvalue weighted by Gasteiger charge is -2.20. The molecule has 2 atom stereocenters. The second-order valence-corrected chi connectivity index (χ2v) is 5.92. The van der Waals surface area contributed by atoms with E-state index in [1.807, 2.05) is 30.3 Å². The van der Waals surface area contributed by atoms with Crippen LogP contribution in [0.5, 0.6) is 5.75 Å². The van der Waals surface area contributed by atoms with E-state index in [-0.39, 0.29) is 37.0 Å². The molecule has 4 nitrogen and oxygen atoms in total. The molecule has 0 fully saturated rings. The van der Waals surface area contributed by atoms with Crippen LogP contribution < -0.4 is 15.8 Å². The molecule has 2 rings (SSSR count). The number of benzene rings is 2. The number of alkyl halides is 3. The van der Waals surface area contributed by atoms with Gasteiger partial charge in [-0.3, -0.25) is 4.79 Å². The van der Waals surface area contributed by atoms with Crippen LogP contribution in [0.2, 0.25) is 0 Å². The molecule has 0 aromatic heterocycles. The summed E-state index contributed by atoms with van der Waals surface area (Å²) in [5.41, 5.74) is 7.32. The average molecular weight is 403 g/mol. The third-order valence-electron chi connectivity index (χ3n) is 4.03. The van der Waals surface area contributed by atoms with E-state index >= 15 is 0 Å². The quantitative estimate of drug-likeness (QED) is 0.735. The Bertz CT molecular complexity index is 726. The van der Waals surface area contributed by atoms with E-state index in [1.165, 1.54) is 18.2 Å². The normalized spacial score (nSPS) is 13.2. The van der Waals surface area contributed by atoms with Crippen molar-refractivity contribution in [2.75, 3.05) is 6.54 Å². The summed E-state index contributed by atoms with van der Waals surface area (Å²) in [5.74, 6) is -0.988. The van der Waals surface area contributed by atoms with Crippen molar-refractivity contribution in [2.24, 2.45) is 11.7 Å². The van der Waals surface area contributed by atoms with E-state index in [4.69, 9.17) is 5.73 Å². The zero-order chi connectivity index (χ0) is 19.2. The van der Waals surface area contributed by atoms with Gasteiger partial charge >= 0.3 is 6.36 Å². The fraction of sp³-hybridized carbons (Fsp3) is 0.316. The second kappa shape index (κ2) is 10.2. The van der Waals surface area contributed by atoms with Crippen LogP contribution in [0, 0.1) is 5.92 Å². The van der Waals surface area contributed by atoms with Gasteiger partial charge in [0.25, 0.3) is 0 Å². The van der Waals surface area contributed by atoms with E-state index in [9.17, 15) is 18.0 Å². The molecular formula is C19H22ClF3N2O2. The third kappa shape index (κ3) is 7.11. The van der Waals surface area contributed by atoms with Gasteiger partial charge in [-0.05, 0) is 23.6 Å². The summed E-state index contributed by atoms with van der Waals surface area (Å²) in [4.78, 5) is 12.3. The Morgan fingerprint density at radius 3 is 2.33 bits per heavy atom. The monoisotopic (exact) mass is 402 g/mol. The molecule has 27 heavy (non-hydrogen) atoms. The number of amides is 1. The van der Waals surface area contributed by atoms with Crippen molar-refractivity contribution in [3.63, 3.8) is 0 Å². The summed E-state index contributed by atoms with van der Waals surface area (Å²) in [5, 5.41) is 2.72. The van der Waals surface area contributed by atoms with Crippen LogP contribution in [-0.2, 0) is 11.2 Å². The van der Waals surface area contributed by atoms with E-state index in [2.05, 4.69) is 10.1 Å². The van der Waals surface area contributed by atoms with Crippen molar-refractivity contribution < 1.29 is 22.7 Å². The maximum atomic E-state index is 12.4. The topological polar surface area (TPSA) is 64.3 Å². The van der Waals surface area contributed by atoms with E-state index in [0.29, 0.717) is 5.56 Å². The number of hydrogen-bond donors (Lipinski definition) is 2. The molecule has 0 aliphatic rings. The van der Waals surface area contributed by atoms with Crippen LogP contribution in [0.4, 0.5) is 13.2 Å². The van der Waals surface area contributed by atoms with E-state index < -0.39 is 18.3 Å². The predicted octanol–water partition coefficient (Wildman–Crippen LogP) is 4.00. The Morgan fingerprint density at radius 2 is 1.70 bits per heavy atom. The lowest BCUT2D eigenvalue weighted by molar-refractivity contribution is -0.274. The standard InChI is InChI=1S/C19H21F3N2O2.ClH/c1-13(17(23)15-8-3-2-4-9-15)18(25)24-12-11-14-7-5-6-10-16(14)26-19(20,21)22;/h2-10,13,17H,11-12,23H2,1H3,(H,24,25);1H. The maximum Gasteiger partial charge on any atom is 0.573 e. The van der Waals surface area contributed by atoms with Crippen molar-refractivity contribution >= 4 is 18.3 Å². The molecule has 0 bridgehead atoms. The highest BCUT2D eigenvalue weighted by Gasteiger charge is 2.32. The molecule has 0 radical (unpaired) electrons. The Balaban J connectivity index is 0.00000364. The smallest absolute Gasteiger partial charge is 0.406 e. The first-order valence-electron chi connectivity index (χ1n) is 8.20. The predicted molar refractivity (Wildman–Crippen MR) is 99.6 cm³/mol. The molecule has 2 aromatic carbocycles. The Labute approximate surface area is 162 Å². The average Bonchev–Trinajstić information content (AvgIpc) is 2.61. The molecule has 3 N–H and O–H groups in total. The molecule has 2 unspecified atom stereocenters. The van der Waals surface area contributed by atoms with Gasteiger partial charge in [0, 0.05) is 12.6 Å². The highest BCUT2D eigenvalue weighted by molar-refractivity contribution is 5.85. The number of carbonyl (C=O) groups excluding carboxylic acids is 1. The van der Waals surface area contributed by atoms with Crippen molar-refractivity contribution in [1.82, 2.24) is 5.32 Å². The zero-order valence-electron chi connectivity index (χ0n) is 14.7. The minimum absolute atomic E-state index is 0. The van der Waals surface area contributed by atoms with Gasteiger partial charge in [-0.15, -0.1) is 25.6 Å². The molecule has 0 aliphatic heterocycles. The number of carbonyl (C=O) groups is 1. The van der Waals surface area contributed by atoms with Gasteiger partial charge in [0.05, 0.1) is 5.92 Å². The van der Waals surface area contributed by atoms with Crippen LogP contribution in [0.15, 0.2) is 54.6 Å². The Kier molecular flexibility index (Phi) is 8.59. The highest BCUT2D eigenvalue weighted by atomic mass is 35.5. The molecule has 148 valence electrons. The molecule has 0 saturated heterocycles. The number of ether oxygens (including phenoxy) is 1. The first-order chi connectivity index (χ1) is 12.3. The summed E-state index contributed by atoms with van der Waals surface area (Å²) in [6.45, 7) is 1.90. The van der Waals surface area contributed by atoms with Gasteiger partial charge < -0.3 is 15.8 Å². The number of nitrogens with one attached hydrogen (secondary N) is 1. The lowest BCUT2D eigenvalue weighted by atomic mass is 9.94. The van der Waals surface area contributed by atoms with Gasteiger partial charge in [0.15, 0.2) is 0 Å². The van der Waals surface area contributed by atoms with Crippen LogP contribution in [0.25, 0.3) is 0 Å². The fourth-order valence-corrected chi connectivity index (χ4v) is 2.54. The number of nitrogens with two attached hydrogens (primary N) is 1. The van der Waals surface area contributed by atoms with E-state index in [1.54, 1.807) is 13.0 Å². The van der Waals surface area contributed by atoms with Crippen molar-refractivity contribution in [3.8, 4) is 5.75 Å². The first kappa shape index (κ1) is 22.8. The molecule has 0 saturated carbocycles. The Hall–Kier alpha value is -2.25. The molecule has 0 aliphatic carbocycles. The number of rotatable bonds is 7. The SMILES string of the molecule is CC(C(=O)NCCc1ccccc1OC(F)(F)F)C(N)c1ccccc1.Cl. The molecule has 0 heterocycles. The summed E-state index contributed by atoms with van der Waals surface area (Å²) in [7, 11) is 0. The summed E-state index contributed by atoms with van der Waals surface area (Å²) in [6, 6.07) is 14.6. The first-order valence-corrected chi connectivity index (χ1v) is 8.20. The summed E-state index contributed by atoms with van der Waals surface area (Å²) >= 11 is 0. The largest absolute Gasteiger partial charge is 0.573 e. The zero-order valence-corrected chi connectivity index (χ0v) is 15.5. The lowest BCUT2D eigenvalue weighted by Crippen LogP contribution is -2.36. The van der Waals surface area contributed by atoms with Gasteiger partial charge in [-0.1, -0.05) is 55.5 Å². The number of para-hydroxylation sites is 1. The van der Waals surface area contributed by atoms with Crippen LogP contribution >= 0.6 is 12.4 Å². The molecule has 1 amide bonds. The Morgan fingerprint density at radius 1 is 1.11 bits per heavy atom. The van der Waals surface area contributed by atoms with Crippen LogP contribution in [0.3, 0.4) is 0 Å². The molecule has 0 spiro atoms. The van der Waals surface area contributed by atoms with Crippen molar-refractivity contribution in [1.29, 1.82) is 0 Å². The summed E-state index contributed by atoms with van der Waals surface area (Å²) < 4.78 is 41.3. The summed E-state index contributed by atoms with van der Waals surface area (Å²) in [6.07, 6.45) is -4.54. The fourth-order valence-electron chi connectivity index (χ4n) is 2.54. The molecular weight excluding hydrogens is 381 g/mol. The second-order valence-electron chi connectivity index (χ2n) is 5.92. The minimum Gasteiger partial charge on any atom is -0.406 e. The maximum absolute atomic E-state index is 12.4. The van der Waals surface area contributed by atoms with Crippen LogP contribution in [0.1, 0.15) is 24.1 Å². The van der Waals surface area contributed by atoms with Gasteiger partial charge in [-0.2, -0.15) is 0 Å². The van der Waals surface area contributed by atoms with Gasteiger partial charge in [-0.25, -0.2) is 0 Å². The van der Waals surface area contributed by atoms with Gasteiger partial charge in [0.2, 0.25) is 5.91 Å². The highest BCUT2D eigenvalue weighted by Crippen LogP contribution is 2.26. The number of hydrogen-bond acceptors (Lipinski definition) is 3. The van der Waals surface area contributed by atoms with Crippen molar-refractivity contribution in [3.05, 3.63) is 65.7 Å². The molecule has 8 heteroatoms. The van der Waals surface area contributed by atoms with Crippen LogP contribution in [-0.4, -0.2) is 18.8 Å². The van der Waals surface area contributed by atoms with Crippen molar-refractivity contribution in [2.45, 2.75) is 25.7 Å². The minimum atomic E-state index is -4.75.